The lowest BCUT2D eigenvalue weighted by Gasteiger charge is -2.11. The van der Waals surface area contributed by atoms with Crippen LogP contribution in [0.1, 0.15) is 0 Å². The van der Waals surface area contributed by atoms with Gasteiger partial charge in [-0.3, -0.25) is 4.72 Å². The van der Waals surface area contributed by atoms with Crippen molar-refractivity contribution in [3.8, 4) is 22.9 Å². The van der Waals surface area contributed by atoms with E-state index < -0.39 is 22.1 Å². The minimum absolute atomic E-state index is 0.221. The number of ether oxygens (including phenoxy) is 2. The van der Waals surface area contributed by atoms with Crippen LogP contribution < -0.4 is 14.2 Å². The third-order valence-corrected chi connectivity index (χ3v) is 5.02. The van der Waals surface area contributed by atoms with Crippen molar-refractivity contribution in [1.82, 2.24) is 10.2 Å². The average molecular weight is 425 g/mol. The first-order chi connectivity index (χ1) is 13.7. The summed E-state index contributed by atoms with van der Waals surface area (Å²) < 4.78 is 72.7. The first kappa shape index (κ1) is 20.4. The van der Waals surface area contributed by atoms with Crippen molar-refractivity contribution >= 4 is 15.7 Å². The molecular formula is C18H14F3N3O4S. The van der Waals surface area contributed by atoms with Crippen LogP contribution in [-0.2, 0) is 10.0 Å². The van der Waals surface area contributed by atoms with Crippen LogP contribution >= 0.6 is 0 Å². The van der Waals surface area contributed by atoms with Crippen LogP contribution in [0.15, 0.2) is 65.6 Å². The zero-order chi connectivity index (χ0) is 21.1. The summed E-state index contributed by atoms with van der Waals surface area (Å²) in [6.45, 7) is 0. The molecule has 0 aliphatic heterocycles. The van der Waals surface area contributed by atoms with Crippen molar-refractivity contribution in [3.63, 3.8) is 0 Å². The van der Waals surface area contributed by atoms with Crippen LogP contribution in [0.2, 0.25) is 0 Å². The predicted octanol–water partition coefficient (Wildman–Crippen LogP) is 3.85. The van der Waals surface area contributed by atoms with Gasteiger partial charge in [0.05, 0.1) is 17.7 Å². The lowest BCUT2D eigenvalue weighted by Crippen LogP contribution is -2.17. The fraction of sp³-hybridized carbons (Fsp3) is 0.111. The molecule has 2 aromatic carbocycles. The fourth-order valence-electron chi connectivity index (χ4n) is 2.36. The maximum atomic E-state index is 12.5. The van der Waals surface area contributed by atoms with E-state index in [1.165, 1.54) is 13.2 Å². The highest BCUT2D eigenvalue weighted by Crippen LogP contribution is 2.26. The van der Waals surface area contributed by atoms with Crippen molar-refractivity contribution in [1.29, 1.82) is 0 Å². The van der Waals surface area contributed by atoms with Gasteiger partial charge in [-0.05, 0) is 42.5 Å². The van der Waals surface area contributed by atoms with Gasteiger partial charge in [0.25, 0.3) is 10.0 Å². The Morgan fingerprint density at radius 2 is 1.69 bits per heavy atom. The number of nitrogens with zero attached hydrogens (tertiary/aromatic N) is 2. The topological polar surface area (TPSA) is 90.4 Å². The van der Waals surface area contributed by atoms with Gasteiger partial charge in [0.2, 0.25) is 5.88 Å². The summed E-state index contributed by atoms with van der Waals surface area (Å²) in [6.07, 6.45) is -4.86. The van der Waals surface area contributed by atoms with Crippen LogP contribution in [0.25, 0.3) is 11.3 Å². The van der Waals surface area contributed by atoms with Crippen LogP contribution in [0, 0.1) is 0 Å². The maximum absolute atomic E-state index is 12.5. The fourth-order valence-corrected chi connectivity index (χ4v) is 3.41. The number of methoxy groups -OCH3 is 1. The molecule has 0 aliphatic carbocycles. The molecule has 3 aromatic rings. The zero-order valence-electron chi connectivity index (χ0n) is 14.8. The van der Waals surface area contributed by atoms with Gasteiger partial charge in [0, 0.05) is 17.3 Å². The van der Waals surface area contributed by atoms with Crippen LogP contribution in [0.4, 0.5) is 18.9 Å². The number of halogens is 3. The molecule has 152 valence electrons. The van der Waals surface area contributed by atoms with Crippen molar-refractivity contribution in [3.05, 3.63) is 60.7 Å². The smallest absolute Gasteiger partial charge is 0.480 e. The van der Waals surface area contributed by atoms with Gasteiger partial charge in [0.1, 0.15) is 5.75 Å². The number of rotatable bonds is 6. The largest absolute Gasteiger partial charge is 0.573 e. The molecule has 0 saturated carbocycles. The minimum Gasteiger partial charge on any atom is -0.480 e. The Balaban J connectivity index is 1.79. The van der Waals surface area contributed by atoms with Gasteiger partial charge in [-0.25, -0.2) is 8.42 Å². The Labute approximate surface area is 164 Å². The van der Waals surface area contributed by atoms with Crippen molar-refractivity contribution in [2.45, 2.75) is 11.3 Å². The normalized spacial score (nSPS) is 11.7. The molecule has 0 amide bonds. The highest BCUT2D eigenvalue weighted by Gasteiger charge is 2.31. The van der Waals surface area contributed by atoms with E-state index in [4.69, 9.17) is 4.74 Å². The summed E-state index contributed by atoms with van der Waals surface area (Å²) in [4.78, 5) is -0.221. The molecule has 0 radical (unpaired) electrons. The number of anilines is 1. The molecule has 0 saturated heterocycles. The number of hydrogen-bond donors (Lipinski definition) is 1. The molecule has 29 heavy (non-hydrogen) atoms. The van der Waals surface area contributed by atoms with Gasteiger partial charge in [0.15, 0.2) is 0 Å². The molecule has 0 unspecified atom stereocenters. The summed E-state index contributed by atoms with van der Waals surface area (Å²) >= 11 is 0. The monoisotopic (exact) mass is 425 g/mol. The molecule has 7 nitrogen and oxygen atoms in total. The Morgan fingerprint density at radius 3 is 2.28 bits per heavy atom. The molecule has 0 bridgehead atoms. The van der Waals surface area contributed by atoms with Gasteiger partial charge in [-0.2, -0.15) is 0 Å². The number of benzene rings is 2. The Morgan fingerprint density at radius 1 is 0.966 bits per heavy atom. The molecule has 1 aromatic heterocycles. The average Bonchev–Trinajstić information content (AvgIpc) is 2.67. The number of nitrogens with one attached hydrogen (secondary N) is 1. The number of sulfonamides is 1. The standard InChI is InChI=1S/C18H14F3N3O4S/c1-27-17-10-9-16(22-23-17)12-3-2-4-13(11-12)24-29(25,26)15-7-5-14(6-8-15)28-18(19,20)21/h2-11,24H,1H3. The summed E-state index contributed by atoms with van der Waals surface area (Å²) in [5.41, 5.74) is 1.35. The maximum Gasteiger partial charge on any atom is 0.573 e. The number of aromatic nitrogens is 2. The molecule has 11 heteroatoms. The van der Waals surface area contributed by atoms with Crippen molar-refractivity contribution < 1.29 is 31.1 Å². The Kier molecular flexibility index (Phi) is 5.59. The zero-order valence-corrected chi connectivity index (χ0v) is 15.7. The molecule has 1 heterocycles. The lowest BCUT2D eigenvalue weighted by molar-refractivity contribution is -0.274. The van der Waals surface area contributed by atoms with E-state index in [9.17, 15) is 21.6 Å². The molecule has 1 N–H and O–H groups in total. The summed E-state index contributed by atoms with van der Waals surface area (Å²) in [5, 5.41) is 7.85. The summed E-state index contributed by atoms with van der Waals surface area (Å²) in [5.74, 6) is -0.180. The molecule has 0 fully saturated rings. The van der Waals surface area contributed by atoms with E-state index in [-0.39, 0.29) is 10.6 Å². The van der Waals surface area contributed by atoms with Crippen LogP contribution in [-0.4, -0.2) is 32.1 Å². The minimum atomic E-state index is -4.86. The highest BCUT2D eigenvalue weighted by molar-refractivity contribution is 7.92. The summed E-state index contributed by atoms with van der Waals surface area (Å²) in [7, 11) is -2.57. The number of hydrogen-bond acceptors (Lipinski definition) is 6. The predicted molar refractivity (Wildman–Crippen MR) is 98.0 cm³/mol. The molecule has 3 rings (SSSR count). The molecule has 0 atom stereocenters. The summed E-state index contributed by atoms with van der Waals surface area (Å²) in [6, 6.07) is 13.6. The second kappa shape index (κ2) is 7.95. The highest BCUT2D eigenvalue weighted by atomic mass is 32.2. The second-order valence-corrected chi connectivity index (χ2v) is 7.35. The molecule has 0 spiro atoms. The van der Waals surface area contributed by atoms with E-state index in [2.05, 4.69) is 19.7 Å². The van der Waals surface area contributed by atoms with Gasteiger partial charge in [-0.15, -0.1) is 23.4 Å². The van der Waals surface area contributed by atoms with E-state index in [1.807, 2.05) is 0 Å². The lowest BCUT2D eigenvalue weighted by atomic mass is 10.1. The van der Waals surface area contributed by atoms with Gasteiger partial charge >= 0.3 is 6.36 Å². The Hall–Kier alpha value is -3.34. The van der Waals surface area contributed by atoms with Crippen molar-refractivity contribution in [2.75, 3.05) is 11.8 Å². The molecule has 0 aliphatic rings. The SMILES string of the molecule is COc1ccc(-c2cccc(NS(=O)(=O)c3ccc(OC(F)(F)F)cc3)c2)nn1. The van der Waals surface area contributed by atoms with Crippen LogP contribution in [0.5, 0.6) is 11.6 Å². The molecular weight excluding hydrogens is 411 g/mol. The van der Waals surface area contributed by atoms with Crippen LogP contribution in [0.3, 0.4) is 0 Å². The quantitative estimate of drug-likeness (QED) is 0.645. The van der Waals surface area contributed by atoms with E-state index >= 15 is 0 Å². The van der Waals surface area contributed by atoms with Gasteiger partial charge in [-0.1, -0.05) is 12.1 Å². The van der Waals surface area contributed by atoms with Gasteiger partial charge < -0.3 is 9.47 Å². The second-order valence-electron chi connectivity index (χ2n) is 5.67. The third-order valence-electron chi connectivity index (χ3n) is 3.63. The van der Waals surface area contributed by atoms with Crippen molar-refractivity contribution in [2.24, 2.45) is 0 Å². The van der Waals surface area contributed by atoms with E-state index in [0.29, 0.717) is 17.1 Å². The third kappa shape index (κ3) is 5.35. The first-order valence-electron chi connectivity index (χ1n) is 8.03. The number of alkyl halides is 3. The Bertz CT molecular complexity index is 1090. The van der Waals surface area contributed by atoms with E-state index in [1.54, 1.807) is 30.3 Å². The van der Waals surface area contributed by atoms with E-state index in [0.717, 1.165) is 24.3 Å². The first-order valence-corrected chi connectivity index (χ1v) is 9.51.